The van der Waals surface area contributed by atoms with Gasteiger partial charge in [0.25, 0.3) is 5.69 Å². The zero-order valence-corrected chi connectivity index (χ0v) is 12.1. The molecule has 18 heavy (non-hydrogen) atoms. The molecular weight excluding hydrogens is 303 g/mol. The van der Waals surface area contributed by atoms with E-state index in [9.17, 15) is 14.5 Å². The van der Waals surface area contributed by atoms with Crippen molar-refractivity contribution in [3.8, 4) is 0 Å². The minimum absolute atomic E-state index is 0.0941. The Morgan fingerprint density at radius 1 is 1.44 bits per heavy atom. The first-order chi connectivity index (χ1) is 8.32. The standard InChI is InChI=1S/C12H16BrFN2O2/c1-7(2)8(3)6-15-11-5-10(14)9(13)4-12(11)16(17)18/h4-5,7-8,15H,6H2,1-3H3. The minimum atomic E-state index is -0.521. The smallest absolute Gasteiger partial charge is 0.293 e. The molecule has 0 bridgehead atoms. The lowest BCUT2D eigenvalue weighted by Crippen LogP contribution is -2.17. The van der Waals surface area contributed by atoms with E-state index in [1.165, 1.54) is 6.07 Å². The van der Waals surface area contributed by atoms with Gasteiger partial charge in [0.2, 0.25) is 0 Å². The fourth-order valence-electron chi connectivity index (χ4n) is 1.34. The molecule has 0 fully saturated rings. The molecule has 0 aliphatic rings. The molecular formula is C12H16BrFN2O2. The number of anilines is 1. The van der Waals surface area contributed by atoms with Gasteiger partial charge in [-0.1, -0.05) is 20.8 Å². The predicted molar refractivity (Wildman–Crippen MR) is 73.2 cm³/mol. The Morgan fingerprint density at radius 3 is 2.56 bits per heavy atom. The Bertz CT molecular complexity index is 452. The molecule has 0 spiro atoms. The van der Waals surface area contributed by atoms with Crippen molar-refractivity contribution >= 4 is 27.3 Å². The van der Waals surface area contributed by atoms with Gasteiger partial charge in [-0.3, -0.25) is 10.1 Å². The summed E-state index contributed by atoms with van der Waals surface area (Å²) in [7, 11) is 0. The molecule has 1 unspecified atom stereocenters. The number of nitrogens with one attached hydrogen (secondary N) is 1. The Morgan fingerprint density at radius 2 is 2.06 bits per heavy atom. The van der Waals surface area contributed by atoms with E-state index in [1.54, 1.807) is 0 Å². The van der Waals surface area contributed by atoms with Crippen molar-refractivity contribution < 1.29 is 9.31 Å². The number of rotatable bonds is 5. The summed E-state index contributed by atoms with van der Waals surface area (Å²) in [5.74, 6) is 0.286. The van der Waals surface area contributed by atoms with Crippen LogP contribution in [0.1, 0.15) is 20.8 Å². The topological polar surface area (TPSA) is 55.2 Å². The number of nitrogens with zero attached hydrogens (tertiary/aromatic N) is 1. The number of nitro benzene ring substituents is 1. The highest BCUT2D eigenvalue weighted by Gasteiger charge is 2.18. The number of benzene rings is 1. The second-order valence-electron chi connectivity index (χ2n) is 4.64. The molecule has 1 atom stereocenters. The summed E-state index contributed by atoms with van der Waals surface area (Å²) in [6, 6.07) is 2.33. The van der Waals surface area contributed by atoms with Crippen LogP contribution < -0.4 is 5.32 Å². The van der Waals surface area contributed by atoms with Crippen LogP contribution in [0, 0.1) is 27.8 Å². The van der Waals surface area contributed by atoms with Crippen LogP contribution in [-0.2, 0) is 0 Å². The molecule has 0 aromatic heterocycles. The Hall–Kier alpha value is -1.17. The Labute approximate surface area is 114 Å². The molecule has 0 saturated carbocycles. The van der Waals surface area contributed by atoms with Crippen LogP contribution in [-0.4, -0.2) is 11.5 Å². The molecule has 0 amide bonds. The molecule has 0 saturated heterocycles. The van der Waals surface area contributed by atoms with E-state index in [0.717, 1.165) is 6.07 Å². The quantitative estimate of drug-likeness (QED) is 0.653. The van der Waals surface area contributed by atoms with Crippen LogP contribution in [0.5, 0.6) is 0 Å². The number of nitro groups is 1. The van der Waals surface area contributed by atoms with E-state index in [2.05, 4.69) is 35.1 Å². The maximum absolute atomic E-state index is 13.4. The molecule has 4 nitrogen and oxygen atoms in total. The average molecular weight is 319 g/mol. The van der Waals surface area contributed by atoms with Gasteiger partial charge in [-0.15, -0.1) is 0 Å². The zero-order valence-electron chi connectivity index (χ0n) is 10.5. The monoisotopic (exact) mass is 318 g/mol. The van der Waals surface area contributed by atoms with Gasteiger partial charge in [-0.25, -0.2) is 4.39 Å². The van der Waals surface area contributed by atoms with Gasteiger partial charge in [0.1, 0.15) is 11.5 Å². The van der Waals surface area contributed by atoms with Crippen LogP contribution in [0.15, 0.2) is 16.6 Å². The number of hydrogen-bond donors (Lipinski definition) is 1. The molecule has 1 rings (SSSR count). The van der Waals surface area contributed by atoms with Crippen LogP contribution in [0.25, 0.3) is 0 Å². The van der Waals surface area contributed by atoms with Crippen LogP contribution in [0.4, 0.5) is 15.8 Å². The molecule has 0 aliphatic carbocycles. The van der Waals surface area contributed by atoms with Crippen molar-refractivity contribution in [2.45, 2.75) is 20.8 Å². The third kappa shape index (κ3) is 3.66. The second kappa shape index (κ2) is 6.13. The first-order valence-corrected chi connectivity index (χ1v) is 6.49. The molecule has 100 valence electrons. The van der Waals surface area contributed by atoms with E-state index in [1.807, 2.05) is 6.92 Å². The highest BCUT2D eigenvalue weighted by molar-refractivity contribution is 9.10. The molecule has 0 heterocycles. The molecule has 6 heteroatoms. The maximum atomic E-state index is 13.4. The fraction of sp³-hybridized carbons (Fsp3) is 0.500. The van der Waals surface area contributed by atoms with Crippen molar-refractivity contribution in [2.75, 3.05) is 11.9 Å². The van der Waals surface area contributed by atoms with Crippen molar-refractivity contribution in [1.29, 1.82) is 0 Å². The summed E-state index contributed by atoms with van der Waals surface area (Å²) in [4.78, 5) is 10.4. The summed E-state index contributed by atoms with van der Waals surface area (Å²) in [5.41, 5.74) is 0.0902. The summed E-state index contributed by atoms with van der Waals surface area (Å²) in [6.45, 7) is 6.75. The lowest BCUT2D eigenvalue weighted by atomic mass is 9.98. The van der Waals surface area contributed by atoms with Crippen molar-refractivity contribution in [3.05, 3.63) is 32.5 Å². The van der Waals surface area contributed by atoms with E-state index >= 15 is 0 Å². The summed E-state index contributed by atoms with van der Waals surface area (Å²) >= 11 is 2.94. The van der Waals surface area contributed by atoms with E-state index in [4.69, 9.17) is 0 Å². The van der Waals surface area contributed by atoms with Crippen LogP contribution >= 0.6 is 15.9 Å². The van der Waals surface area contributed by atoms with E-state index < -0.39 is 10.7 Å². The third-order valence-corrected chi connectivity index (χ3v) is 3.60. The van der Waals surface area contributed by atoms with Crippen molar-refractivity contribution in [1.82, 2.24) is 0 Å². The molecule has 0 radical (unpaired) electrons. The molecule has 1 aromatic carbocycles. The third-order valence-electron chi connectivity index (χ3n) is 2.99. The van der Waals surface area contributed by atoms with E-state index in [-0.39, 0.29) is 15.8 Å². The normalized spacial score (nSPS) is 12.6. The molecule has 1 N–H and O–H groups in total. The number of hydrogen-bond acceptors (Lipinski definition) is 3. The Balaban J connectivity index is 2.93. The molecule has 0 aliphatic heterocycles. The lowest BCUT2D eigenvalue weighted by Gasteiger charge is -2.17. The highest BCUT2D eigenvalue weighted by atomic mass is 79.9. The van der Waals surface area contributed by atoms with Crippen LogP contribution in [0.2, 0.25) is 0 Å². The van der Waals surface area contributed by atoms with Crippen LogP contribution in [0.3, 0.4) is 0 Å². The molecule has 1 aromatic rings. The SMILES string of the molecule is CC(C)C(C)CNc1cc(F)c(Br)cc1[N+](=O)[O-]. The van der Waals surface area contributed by atoms with Gasteiger partial charge in [-0.05, 0) is 27.8 Å². The zero-order chi connectivity index (χ0) is 13.9. The fourth-order valence-corrected chi connectivity index (χ4v) is 1.67. The highest BCUT2D eigenvalue weighted by Crippen LogP contribution is 2.30. The number of halogens is 2. The predicted octanol–water partition coefficient (Wildman–Crippen LogP) is 4.20. The average Bonchev–Trinajstić information content (AvgIpc) is 2.29. The van der Waals surface area contributed by atoms with Gasteiger partial charge < -0.3 is 5.32 Å². The Kier molecular flexibility index (Phi) is 5.07. The van der Waals surface area contributed by atoms with Crippen molar-refractivity contribution in [2.24, 2.45) is 11.8 Å². The van der Waals surface area contributed by atoms with E-state index in [0.29, 0.717) is 18.4 Å². The van der Waals surface area contributed by atoms with Gasteiger partial charge >= 0.3 is 0 Å². The van der Waals surface area contributed by atoms with Gasteiger partial charge in [0.15, 0.2) is 0 Å². The minimum Gasteiger partial charge on any atom is -0.379 e. The van der Waals surface area contributed by atoms with Crippen molar-refractivity contribution in [3.63, 3.8) is 0 Å². The van der Waals surface area contributed by atoms with Gasteiger partial charge in [-0.2, -0.15) is 0 Å². The largest absolute Gasteiger partial charge is 0.379 e. The van der Waals surface area contributed by atoms with Gasteiger partial charge in [0, 0.05) is 18.7 Å². The summed E-state index contributed by atoms with van der Waals surface area (Å²) in [5, 5.41) is 13.8. The first-order valence-electron chi connectivity index (χ1n) is 5.70. The lowest BCUT2D eigenvalue weighted by molar-refractivity contribution is -0.384. The summed E-state index contributed by atoms with van der Waals surface area (Å²) < 4.78 is 13.5. The first kappa shape index (κ1) is 14.9. The second-order valence-corrected chi connectivity index (χ2v) is 5.50. The maximum Gasteiger partial charge on any atom is 0.293 e. The van der Waals surface area contributed by atoms with Gasteiger partial charge in [0.05, 0.1) is 9.40 Å². The summed E-state index contributed by atoms with van der Waals surface area (Å²) in [6.07, 6.45) is 0.